The van der Waals surface area contributed by atoms with Crippen molar-refractivity contribution in [2.45, 2.75) is 20.3 Å². The van der Waals surface area contributed by atoms with E-state index >= 15 is 0 Å². The molecule has 2 rings (SSSR count). The lowest BCUT2D eigenvalue weighted by Crippen LogP contribution is -1.94. The molecule has 0 saturated heterocycles. The molecule has 98 valence electrons. The van der Waals surface area contributed by atoms with Gasteiger partial charge in [0.05, 0.1) is 5.70 Å². The molecular formula is C16H17NO2. The van der Waals surface area contributed by atoms with Crippen LogP contribution in [0.5, 0.6) is 11.5 Å². The Morgan fingerprint density at radius 1 is 1.37 bits per heavy atom. The molecule has 1 aromatic rings. The van der Waals surface area contributed by atoms with E-state index in [0.29, 0.717) is 12.5 Å². The third-order valence-corrected chi connectivity index (χ3v) is 3.01. The van der Waals surface area contributed by atoms with Crippen molar-refractivity contribution in [2.75, 3.05) is 6.79 Å². The summed E-state index contributed by atoms with van der Waals surface area (Å²) >= 11 is 0. The first kappa shape index (κ1) is 13.1. The lowest BCUT2D eigenvalue weighted by Gasteiger charge is -2.07. The van der Waals surface area contributed by atoms with Crippen LogP contribution in [0.25, 0.3) is 0 Å². The van der Waals surface area contributed by atoms with Crippen LogP contribution in [0.3, 0.4) is 0 Å². The van der Waals surface area contributed by atoms with Gasteiger partial charge in [0.15, 0.2) is 11.5 Å². The quantitative estimate of drug-likeness (QED) is 0.667. The van der Waals surface area contributed by atoms with Crippen LogP contribution in [0.4, 0.5) is 0 Å². The van der Waals surface area contributed by atoms with E-state index in [1.54, 1.807) is 6.08 Å². The largest absolute Gasteiger partial charge is 0.454 e. The molecule has 2 N–H and O–H groups in total. The second-order valence-electron chi connectivity index (χ2n) is 4.59. The lowest BCUT2D eigenvalue weighted by atomic mass is 10.0. The van der Waals surface area contributed by atoms with E-state index in [9.17, 15) is 0 Å². The third-order valence-electron chi connectivity index (χ3n) is 3.01. The number of ether oxygens (including phenoxy) is 2. The maximum atomic E-state index is 5.56. The highest BCUT2D eigenvalue weighted by molar-refractivity contribution is 5.49. The SMILES string of the molecule is C#C/C(N)=C/C=C(\C)Cc1cc2c(cc1C)OCO2. The predicted octanol–water partition coefficient (Wildman–Crippen LogP) is 2.69. The molecule has 3 heteroatoms. The summed E-state index contributed by atoms with van der Waals surface area (Å²) in [4.78, 5) is 0. The van der Waals surface area contributed by atoms with E-state index in [1.807, 2.05) is 25.1 Å². The first-order valence-electron chi connectivity index (χ1n) is 6.09. The second kappa shape index (κ2) is 5.53. The van der Waals surface area contributed by atoms with Gasteiger partial charge in [0.25, 0.3) is 0 Å². The maximum absolute atomic E-state index is 5.56. The van der Waals surface area contributed by atoms with Gasteiger partial charge >= 0.3 is 0 Å². The van der Waals surface area contributed by atoms with Crippen molar-refractivity contribution >= 4 is 0 Å². The Hall–Kier alpha value is -2.34. The summed E-state index contributed by atoms with van der Waals surface area (Å²) in [7, 11) is 0. The molecule has 0 aliphatic carbocycles. The summed E-state index contributed by atoms with van der Waals surface area (Å²) < 4.78 is 10.7. The van der Waals surface area contributed by atoms with Gasteiger partial charge in [-0.25, -0.2) is 0 Å². The number of aryl methyl sites for hydroxylation is 1. The molecule has 1 aliphatic rings. The van der Waals surface area contributed by atoms with Gasteiger partial charge in [-0.3, -0.25) is 0 Å². The average Bonchev–Trinajstić information content (AvgIpc) is 2.83. The van der Waals surface area contributed by atoms with Crippen LogP contribution in [0.1, 0.15) is 18.1 Å². The van der Waals surface area contributed by atoms with Crippen molar-refractivity contribution in [1.82, 2.24) is 0 Å². The van der Waals surface area contributed by atoms with Gasteiger partial charge in [0.2, 0.25) is 6.79 Å². The Labute approximate surface area is 113 Å². The first-order valence-corrected chi connectivity index (χ1v) is 6.09. The smallest absolute Gasteiger partial charge is 0.231 e. The van der Waals surface area contributed by atoms with Crippen molar-refractivity contribution in [3.8, 4) is 23.8 Å². The van der Waals surface area contributed by atoms with Gasteiger partial charge in [0.1, 0.15) is 0 Å². The van der Waals surface area contributed by atoms with Crippen LogP contribution in [-0.4, -0.2) is 6.79 Å². The van der Waals surface area contributed by atoms with Gasteiger partial charge in [-0.2, -0.15) is 0 Å². The van der Waals surface area contributed by atoms with Crippen LogP contribution in [0.2, 0.25) is 0 Å². The average molecular weight is 255 g/mol. The normalized spacial score (nSPS) is 14.4. The van der Waals surface area contributed by atoms with E-state index in [2.05, 4.69) is 12.8 Å². The molecule has 0 bridgehead atoms. The standard InChI is InChI=1S/C16H17NO2/c1-4-14(17)6-5-11(2)7-13-9-16-15(8-12(13)3)18-10-19-16/h1,5-6,8-9H,7,10,17H2,2-3H3/b11-5+,14-6-. The Morgan fingerprint density at radius 2 is 2.05 bits per heavy atom. The zero-order valence-electron chi connectivity index (χ0n) is 11.2. The number of fused-ring (bicyclic) bond motifs is 1. The van der Waals surface area contributed by atoms with Gasteiger partial charge in [0, 0.05) is 0 Å². The fourth-order valence-corrected chi connectivity index (χ4v) is 1.92. The number of rotatable bonds is 3. The molecule has 0 amide bonds. The topological polar surface area (TPSA) is 44.5 Å². The van der Waals surface area contributed by atoms with E-state index in [0.717, 1.165) is 17.9 Å². The zero-order chi connectivity index (χ0) is 13.8. The minimum absolute atomic E-state index is 0.300. The van der Waals surface area contributed by atoms with Gasteiger partial charge in [-0.05, 0) is 49.6 Å². The summed E-state index contributed by atoms with van der Waals surface area (Å²) in [6.07, 6.45) is 9.71. The Morgan fingerprint density at radius 3 is 2.74 bits per heavy atom. The van der Waals surface area contributed by atoms with Crippen LogP contribution < -0.4 is 15.2 Å². The van der Waals surface area contributed by atoms with E-state index in [4.69, 9.17) is 21.6 Å². The maximum Gasteiger partial charge on any atom is 0.231 e. The highest BCUT2D eigenvalue weighted by atomic mass is 16.7. The van der Waals surface area contributed by atoms with Crippen molar-refractivity contribution in [3.63, 3.8) is 0 Å². The molecule has 19 heavy (non-hydrogen) atoms. The molecule has 0 radical (unpaired) electrons. The molecule has 0 atom stereocenters. The van der Waals surface area contributed by atoms with Crippen molar-refractivity contribution in [1.29, 1.82) is 0 Å². The summed E-state index contributed by atoms with van der Waals surface area (Å²) in [5.41, 5.74) is 9.57. The molecule has 0 spiro atoms. The predicted molar refractivity (Wildman–Crippen MR) is 75.9 cm³/mol. The molecule has 0 aromatic heterocycles. The van der Waals surface area contributed by atoms with Crippen molar-refractivity contribution < 1.29 is 9.47 Å². The third kappa shape index (κ3) is 3.11. The minimum atomic E-state index is 0.300. The molecule has 1 aliphatic heterocycles. The van der Waals surface area contributed by atoms with E-state index in [1.165, 1.54) is 16.7 Å². The Bertz CT molecular complexity index is 592. The molecule has 0 fully saturated rings. The number of nitrogens with two attached hydrogens (primary N) is 1. The van der Waals surface area contributed by atoms with Crippen LogP contribution in [0.15, 0.2) is 35.6 Å². The first-order chi connectivity index (χ1) is 9.10. The van der Waals surface area contributed by atoms with Crippen LogP contribution in [0, 0.1) is 19.3 Å². The number of terminal acetylenes is 1. The highest BCUT2D eigenvalue weighted by Crippen LogP contribution is 2.35. The molecule has 3 nitrogen and oxygen atoms in total. The minimum Gasteiger partial charge on any atom is -0.454 e. The molecule has 1 heterocycles. The number of hydrogen-bond acceptors (Lipinski definition) is 3. The summed E-state index contributed by atoms with van der Waals surface area (Å²) in [6.45, 7) is 4.41. The summed E-state index contributed by atoms with van der Waals surface area (Å²) in [5, 5.41) is 0. The second-order valence-corrected chi connectivity index (χ2v) is 4.59. The number of benzene rings is 1. The van der Waals surface area contributed by atoms with Crippen molar-refractivity contribution in [2.24, 2.45) is 5.73 Å². The Kier molecular flexibility index (Phi) is 3.82. The van der Waals surface area contributed by atoms with E-state index < -0.39 is 0 Å². The zero-order valence-corrected chi connectivity index (χ0v) is 11.2. The Balaban J connectivity index is 2.18. The molecule has 0 saturated carbocycles. The highest BCUT2D eigenvalue weighted by Gasteiger charge is 2.15. The fourth-order valence-electron chi connectivity index (χ4n) is 1.92. The van der Waals surface area contributed by atoms with Gasteiger partial charge in [-0.1, -0.05) is 17.6 Å². The van der Waals surface area contributed by atoms with Gasteiger partial charge < -0.3 is 15.2 Å². The monoisotopic (exact) mass is 255 g/mol. The molecule has 0 unspecified atom stereocenters. The lowest BCUT2D eigenvalue weighted by molar-refractivity contribution is 0.174. The fraction of sp³-hybridized carbons (Fsp3) is 0.250. The summed E-state index contributed by atoms with van der Waals surface area (Å²) in [5.74, 6) is 4.02. The van der Waals surface area contributed by atoms with Crippen molar-refractivity contribution in [3.05, 3.63) is 46.7 Å². The summed E-state index contributed by atoms with van der Waals surface area (Å²) in [6, 6.07) is 4.04. The van der Waals surface area contributed by atoms with Crippen LogP contribution >= 0.6 is 0 Å². The van der Waals surface area contributed by atoms with Gasteiger partial charge in [-0.15, -0.1) is 6.42 Å². The number of allylic oxidation sites excluding steroid dienone is 4. The molecule has 1 aromatic carbocycles. The molecular weight excluding hydrogens is 238 g/mol. The number of hydrogen-bond donors (Lipinski definition) is 1. The van der Waals surface area contributed by atoms with Crippen LogP contribution in [-0.2, 0) is 6.42 Å². The van der Waals surface area contributed by atoms with E-state index in [-0.39, 0.29) is 0 Å².